The Kier molecular flexibility index (Phi) is 3.71. The Balaban J connectivity index is 2.06. The molecule has 0 atom stereocenters. The first-order valence-electron chi connectivity index (χ1n) is 5.72. The van der Waals surface area contributed by atoms with Gasteiger partial charge in [-0.3, -0.25) is 4.79 Å². The lowest BCUT2D eigenvalue weighted by atomic mass is 9.90. The highest BCUT2D eigenvalue weighted by molar-refractivity contribution is 5.95. The molecule has 7 nitrogen and oxygen atoms in total. The van der Waals surface area contributed by atoms with Gasteiger partial charge in [0.15, 0.2) is 0 Å². The number of rotatable bonds is 3. The van der Waals surface area contributed by atoms with E-state index >= 15 is 0 Å². The van der Waals surface area contributed by atoms with Crippen molar-refractivity contribution in [1.29, 1.82) is 0 Å². The van der Waals surface area contributed by atoms with E-state index in [9.17, 15) is 14.7 Å². The molecule has 0 aromatic rings. The van der Waals surface area contributed by atoms with Gasteiger partial charge in [-0.1, -0.05) is 0 Å². The van der Waals surface area contributed by atoms with Gasteiger partial charge in [0.05, 0.1) is 0 Å². The summed E-state index contributed by atoms with van der Waals surface area (Å²) in [5.74, 6) is -1.62. The molecular formula is C11H15NO6. The van der Waals surface area contributed by atoms with Crippen LogP contribution < -0.4 is 5.32 Å². The van der Waals surface area contributed by atoms with Crippen molar-refractivity contribution in [2.45, 2.75) is 18.4 Å². The lowest BCUT2D eigenvalue weighted by Crippen LogP contribution is -2.58. The summed E-state index contributed by atoms with van der Waals surface area (Å²) in [6.45, 7) is 1.28. The number of carbonyl (C=O) groups excluding carboxylic acids is 1. The van der Waals surface area contributed by atoms with Crippen LogP contribution in [-0.4, -0.2) is 48.9 Å². The number of carboxylic acids is 1. The molecule has 0 aliphatic carbocycles. The third-order valence-corrected chi connectivity index (χ3v) is 2.98. The van der Waals surface area contributed by atoms with Crippen LogP contribution in [0, 0.1) is 0 Å². The minimum absolute atomic E-state index is 0.00775. The summed E-state index contributed by atoms with van der Waals surface area (Å²) in [7, 11) is 0. The summed E-state index contributed by atoms with van der Waals surface area (Å²) >= 11 is 0. The van der Waals surface area contributed by atoms with Crippen LogP contribution in [0.5, 0.6) is 0 Å². The van der Waals surface area contributed by atoms with Gasteiger partial charge in [0.2, 0.25) is 5.76 Å². The topological polar surface area (TPSA) is 94.1 Å². The first-order chi connectivity index (χ1) is 8.64. The number of hydrogen-bond acceptors (Lipinski definition) is 5. The first-order valence-corrected chi connectivity index (χ1v) is 5.72. The van der Waals surface area contributed by atoms with E-state index in [1.165, 1.54) is 6.26 Å². The van der Waals surface area contributed by atoms with Crippen molar-refractivity contribution >= 4 is 11.9 Å². The maximum absolute atomic E-state index is 11.9. The van der Waals surface area contributed by atoms with Gasteiger partial charge in [-0.2, -0.15) is 0 Å². The normalized spacial score (nSPS) is 22.1. The summed E-state index contributed by atoms with van der Waals surface area (Å²) in [5.41, 5.74) is -1.28. The van der Waals surface area contributed by atoms with Gasteiger partial charge in [0, 0.05) is 26.1 Å². The average Bonchev–Trinajstić information content (AvgIpc) is 2.40. The van der Waals surface area contributed by atoms with E-state index < -0.39 is 17.4 Å². The van der Waals surface area contributed by atoms with E-state index in [1.54, 1.807) is 0 Å². The Morgan fingerprint density at radius 1 is 1.22 bits per heavy atom. The van der Waals surface area contributed by atoms with Gasteiger partial charge < -0.3 is 24.6 Å². The van der Waals surface area contributed by atoms with Crippen molar-refractivity contribution in [3.63, 3.8) is 0 Å². The van der Waals surface area contributed by atoms with Crippen LogP contribution in [0.25, 0.3) is 0 Å². The van der Waals surface area contributed by atoms with Gasteiger partial charge in [-0.05, 0) is 0 Å². The molecule has 2 aliphatic heterocycles. The fourth-order valence-electron chi connectivity index (χ4n) is 1.88. The molecule has 2 aliphatic rings. The molecule has 2 heterocycles. The quantitative estimate of drug-likeness (QED) is 0.716. The fraction of sp³-hybridized carbons (Fsp3) is 0.636. The smallest absolute Gasteiger partial charge is 0.329 e. The molecule has 2 rings (SSSR count). The molecule has 0 aromatic carbocycles. The molecule has 0 aromatic heterocycles. The Labute approximate surface area is 104 Å². The minimum Gasteiger partial charge on any atom is -0.494 e. The highest BCUT2D eigenvalue weighted by atomic mass is 16.6. The summed E-state index contributed by atoms with van der Waals surface area (Å²) in [6.07, 6.45) is 1.68. The minimum atomic E-state index is -1.28. The molecule has 18 heavy (non-hydrogen) atoms. The van der Waals surface area contributed by atoms with Crippen LogP contribution >= 0.6 is 0 Å². The predicted octanol–water partition coefficient (Wildman–Crippen LogP) is -0.375. The first kappa shape index (κ1) is 12.7. The van der Waals surface area contributed by atoms with E-state index in [0.29, 0.717) is 19.8 Å². The highest BCUT2D eigenvalue weighted by Crippen LogP contribution is 2.22. The number of nitrogens with one attached hydrogen (secondary N) is 1. The zero-order chi connectivity index (χ0) is 13.0. The molecule has 7 heteroatoms. The van der Waals surface area contributed by atoms with E-state index in [-0.39, 0.29) is 25.2 Å². The van der Waals surface area contributed by atoms with Crippen molar-refractivity contribution in [3.8, 4) is 0 Å². The maximum Gasteiger partial charge on any atom is 0.329 e. The zero-order valence-electron chi connectivity index (χ0n) is 9.81. The van der Waals surface area contributed by atoms with Crippen molar-refractivity contribution in [2.75, 3.05) is 26.4 Å². The molecule has 0 unspecified atom stereocenters. The molecule has 1 amide bonds. The summed E-state index contributed by atoms with van der Waals surface area (Å²) in [5, 5.41) is 11.8. The van der Waals surface area contributed by atoms with E-state index in [1.807, 2.05) is 0 Å². The lowest BCUT2D eigenvalue weighted by Gasteiger charge is -2.34. The Hall–Kier alpha value is -1.76. The molecule has 0 radical (unpaired) electrons. The highest BCUT2D eigenvalue weighted by Gasteiger charge is 2.42. The number of aliphatic carboxylic acids is 1. The lowest BCUT2D eigenvalue weighted by molar-refractivity contribution is -0.152. The van der Waals surface area contributed by atoms with Gasteiger partial charge in [0.25, 0.3) is 5.91 Å². The van der Waals surface area contributed by atoms with Gasteiger partial charge in [-0.15, -0.1) is 0 Å². The fourth-order valence-corrected chi connectivity index (χ4v) is 1.88. The number of carbonyl (C=O) groups is 2. The molecule has 0 bridgehead atoms. The summed E-state index contributed by atoms with van der Waals surface area (Å²) in [4.78, 5) is 23.2. The molecule has 100 valence electrons. The van der Waals surface area contributed by atoms with Gasteiger partial charge >= 0.3 is 5.97 Å². The Bertz CT molecular complexity index is 372. The van der Waals surface area contributed by atoms with Gasteiger partial charge in [-0.25, -0.2) is 4.79 Å². The van der Waals surface area contributed by atoms with E-state index in [2.05, 4.69) is 5.32 Å². The monoisotopic (exact) mass is 257 g/mol. The zero-order valence-corrected chi connectivity index (χ0v) is 9.81. The Morgan fingerprint density at radius 3 is 2.50 bits per heavy atom. The van der Waals surface area contributed by atoms with E-state index in [0.717, 1.165) is 0 Å². The predicted molar refractivity (Wildman–Crippen MR) is 58.5 cm³/mol. The average molecular weight is 257 g/mol. The van der Waals surface area contributed by atoms with Gasteiger partial charge in [0.1, 0.15) is 25.0 Å². The van der Waals surface area contributed by atoms with Crippen LogP contribution in [0.4, 0.5) is 0 Å². The van der Waals surface area contributed by atoms with Crippen molar-refractivity contribution in [2.24, 2.45) is 0 Å². The van der Waals surface area contributed by atoms with Crippen LogP contribution in [0.2, 0.25) is 0 Å². The van der Waals surface area contributed by atoms with Crippen LogP contribution in [-0.2, 0) is 23.8 Å². The van der Waals surface area contributed by atoms with E-state index in [4.69, 9.17) is 14.2 Å². The number of amides is 1. The number of carboxylic acid groups (broad SMARTS) is 1. The SMILES string of the molecule is O=C(NC1(C(=O)O)CCOCC1)C1=COCCO1. The Morgan fingerprint density at radius 2 is 1.94 bits per heavy atom. The largest absolute Gasteiger partial charge is 0.494 e. The van der Waals surface area contributed by atoms with Crippen LogP contribution in [0.3, 0.4) is 0 Å². The summed E-state index contributed by atoms with van der Waals surface area (Å²) in [6, 6.07) is 0. The third-order valence-electron chi connectivity index (χ3n) is 2.98. The van der Waals surface area contributed by atoms with Crippen molar-refractivity contribution in [1.82, 2.24) is 5.32 Å². The van der Waals surface area contributed by atoms with Crippen molar-refractivity contribution < 1.29 is 28.9 Å². The second-order valence-corrected chi connectivity index (χ2v) is 4.16. The number of ether oxygens (including phenoxy) is 3. The van der Waals surface area contributed by atoms with Crippen LogP contribution in [0.15, 0.2) is 12.0 Å². The molecule has 2 N–H and O–H groups in total. The summed E-state index contributed by atoms with van der Waals surface area (Å²) < 4.78 is 15.2. The molecule has 1 saturated heterocycles. The standard InChI is InChI=1S/C11H15NO6/c13-9(8-7-17-5-6-18-8)12-11(10(14)15)1-3-16-4-2-11/h7H,1-6H2,(H,12,13)(H,14,15). The second-order valence-electron chi connectivity index (χ2n) is 4.16. The molecule has 1 fully saturated rings. The van der Waals surface area contributed by atoms with Crippen LogP contribution in [0.1, 0.15) is 12.8 Å². The second kappa shape index (κ2) is 5.26. The molecular weight excluding hydrogens is 242 g/mol. The third kappa shape index (κ3) is 2.56. The molecule has 0 spiro atoms. The number of hydrogen-bond donors (Lipinski definition) is 2. The molecule has 0 saturated carbocycles. The van der Waals surface area contributed by atoms with Crippen molar-refractivity contribution in [3.05, 3.63) is 12.0 Å². The maximum atomic E-state index is 11.9.